The lowest BCUT2D eigenvalue weighted by molar-refractivity contribution is 0.508. The van der Waals surface area contributed by atoms with Gasteiger partial charge in [-0.3, -0.25) is 9.39 Å². The van der Waals surface area contributed by atoms with Crippen LogP contribution in [0.15, 0.2) is 58.1 Å². The first-order chi connectivity index (χ1) is 12.5. The Hall–Kier alpha value is -1.68. The Morgan fingerprint density at radius 2 is 1.96 bits per heavy atom. The fraction of sp³-hybridized carbons (Fsp3) is 0.316. The first kappa shape index (κ1) is 21.6. The van der Waals surface area contributed by atoms with Crippen LogP contribution in [-0.2, 0) is 12.0 Å². The molecule has 0 aliphatic carbocycles. The van der Waals surface area contributed by atoms with E-state index in [0.717, 1.165) is 28.4 Å². The molecule has 0 aliphatic rings. The number of halogens is 2. The lowest BCUT2D eigenvalue weighted by atomic mass is 9.85. The van der Waals surface area contributed by atoms with Crippen molar-refractivity contribution in [3.8, 4) is 0 Å². The van der Waals surface area contributed by atoms with Gasteiger partial charge in [-0.2, -0.15) is 0 Å². The zero-order valence-corrected chi connectivity index (χ0v) is 19.5. The zero-order valence-electron chi connectivity index (χ0n) is 15.6. The molecular weight excluding hydrogens is 519 g/mol. The Morgan fingerprint density at radius 3 is 2.70 bits per heavy atom. The third-order valence-corrected chi connectivity index (χ3v) is 4.82. The van der Waals surface area contributed by atoms with Crippen LogP contribution in [0.5, 0.6) is 0 Å². The van der Waals surface area contributed by atoms with Gasteiger partial charge in [0.05, 0.1) is 6.54 Å². The third-order valence-electron chi connectivity index (χ3n) is 4.33. The fourth-order valence-electron chi connectivity index (χ4n) is 2.71. The van der Waals surface area contributed by atoms with Gasteiger partial charge in [0, 0.05) is 29.7 Å². The van der Waals surface area contributed by atoms with Gasteiger partial charge in [-0.25, -0.2) is 0 Å². The van der Waals surface area contributed by atoms with Gasteiger partial charge < -0.3 is 10.6 Å². The Labute approximate surface area is 185 Å². The summed E-state index contributed by atoms with van der Waals surface area (Å²) in [6.07, 6.45) is 1.96. The number of aromatic nitrogens is 3. The monoisotopic (exact) mass is 542 g/mol. The van der Waals surface area contributed by atoms with Gasteiger partial charge in [-0.05, 0) is 29.8 Å². The van der Waals surface area contributed by atoms with Gasteiger partial charge in [0.15, 0.2) is 17.4 Å². The predicted octanol–water partition coefficient (Wildman–Crippen LogP) is 3.75. The maximum Gasteiger partial charge on any atom is 0.191 e. The number of nitrogens with zero attached hydrogens (tertiary/aromatic N) is 4. The highest BCUT2D eigenvalue weighted by Gasteiger charge is 2.21. The summed E-state index contributed by atoms with van der Waals surface area (Å²) < 4.78 is 3.05. The molecule has 0 unspecified atom stereocenters. The van der Waals surface area contributed by atoms with E-state index in [0.29, 0.717) is 6.54 Å². The van der Waals surface area contributed by atoms with E-state index in [1.807, 2.05) is 34.9 Å². The Kier molecular flexibility index (Phi) is 7.60. The minimum Gasteiger partial charge on any atom is -0.356 e. The summed E-state index contributed by atoms with van der Waals surface area (Å²) in [5.74, 6) is 1.58. The minimum atomic E-state index is -0.0387. The first-order valence-electron chi connectivity index (χ1n) is 8.49. The number of benzene rings is 1. The smallest absolute Gasteiger partial charge is 0.191 e. The van der Waals surface area contributed by atoms with Crippen molar-refractivity contribution in [1.29, 1.82) is 0 Å². The van der Waals surface area contributed by atoms with Crippen LogP contribution >= 0.6 is 39.9 Å². The van der Waals surface area contributed by atoms with E-state index in [-0.39, 0.29) is 29.4 Å². The molecule has 3 rings (SSSR count). The van der Waals surface area contributed by atoms with Crippen LogP contribution in [0.1, 0.15) is 25.2 Å². The number of hydrogen-bond acceptors (Lipinski definition) is 3. The number of hydrogen-bond donors (Lipinski definition) is 2. The molecule has 27 heavy (non-hydrogen) atoms. The second kappa shape index (κ2) is 9.50. The van der Waals surface area contributed by atoms with Crippen molar-refractivity contribution < 1.29 is 0 Å². The number of fused-ring (bicyclic) bond motifs is 1. The van der Waals surface area contributed by atoms with Crippen LogP contribution in [0.25, 0.3) is 5.65 Å². The average Bonchev–Trinajstić information content (AvgIpc) is 3.05. The lowest BCUT2D eigenvalue weighted by Gasteiger charge is -2.27. The van der Waals surface area contributed by atoms with Gasteiger partial charge in [0.1, 0.15) is 0 Å². The molecule has 6 nitrogen and oxygen atoms in total. The molecule has 0 amide bonds. The summed E-state index contributed by atoms with van der Waals surface area (Å²) in [4.78, 5) is 4.31. The Balaban J connectivity index is 0.00000261. The minimum absolute atomic E-state index is 0. The molecule has 0 atom stereocenters. The van der Waals surface area contributed by atoms with Crippen molar-refractivity contribution in [3.63, 3.8) is 0 Å². The van der Waals surface area contributed by atoms with Gasteiger partial charge in [0.2, 0.25) is 0 Å². The Bertz CT molecular complexity index is 921. The van der Waals surface area contributed by atoms with Crippen molar-refractivity contribution in [2.24, 2.45) is 4.99 Å². The molecule has 144 valence electrons. The van der Waals surface area contributed by atoms with Crippen molar-refractivity contribution in [3.05, 3.63) is 64.5 Å². The number of pyridine rings is 1. The van der Waals surface area contributed by atoms with Crippen LogP contribution in [0.2, 0.25) is 0 Å². The van der Waals surface area contributed by atoms with Gasteiger partial charge >= 0.3 is 0 Å². The molecule has 8 heteroatoms. The molecule has 0 aliphatic heterocycles. The summed E-state index contributed by atoms with van der Waals surface area (Å²) in [7, 11) is 1.77. The highest BCUT2D eigenvalue weighted by atomic mass is 127. The number of rotatable bonds is 5. The van der Waals surface area contributed by atoms with E-state index in [1.54, 1.807) is 7.05 Å². The average molecular weight is 543 g/mol. The van der Waals surface area contributed by atoms with Crippen LogP contribution < -0.4 is 10.6 Å². The SMILES string of the molecule is CN=C(NCc1nnc2ccccn12)NCC(C)(C)c1cccc(Br)c1.I. The normalized spacial score (nSPS) is 11.9. The summed E-state index contributed by atoms with van der Waals surface area (Å²) in [5.41, 5.74) is 2.06. The molecule has 0 bridgehead atoms. The van der Waals surface area contributed by atoms with Crippen LogP contribution in [0.4, 0.5) is 0 Å². The van der Waals surface area contributed by atoms with Gasteiger partial charge in [-0.15, -0.1) is 34.2 Å². The van der Waals surface area contributed by atoms with Crippen LogP contribution in [0, 0.1) is 0 Å². The van der Waals surface area contributed by atoms with Crippen LogP contribution in [-0.4, -0.2) is 34.2 Å². The molecule has 0 spiro atoms. The lowest BCUT2D eigenvalue weighted by Crippen LogP contribution is -2.43. The van der Waals surface area contributed by atoms with Gasteiger partial charge in [0.25, 0.3) is 0 Å². The highest BCUT2D eigenvalue weighted by molar-refractivity contribution is 14.0. The molecular formula is C19H24BrIN6. The second-order valence-electron chi connectivity index (χ2n) is 6.72. The van der Waals surface area contributed by atoms with E-state index in [2.05, 4.69) is 73.8 Å². The summed E-state index contributed by atoms with van der Waals surface area (Å²) in [6.45, 7) is 5.72. The molecule has 2 aromatic heterocycles. The maximum absolute atomic E-state index is 4.31. The molecule has 0 saturated heterocycles. The topological polar surface area (TPSA) is 66.6 Å². The quantitative estimate of drug-likeness (QED) is 0.293. The molecule has 2 N–H and O–H groups in total. The maximum atomic E-state index is 4.31. The fourth-order valence-corrected chi connectivity index (χ4v) is 3.11. The van der Waals surface area contributed by atoms with Crippen LogP contribution in [0.3, 0.4) is 0 Å². The van der Waals surface area contributed by atoms with E-state index >= 15 is 0 Å². The van der Waals surface area contributed by atoms with Crippen molar-refractivity contribution in [2.45, 2.75) is 25.8 Å². The van der Waals surface area contributed by atoms with Crippen molar-refractivity contribution in [2.75, 3.05) is 13.6 Å². The molecule has 2 heterocycles. The third kappa shape index (κ3) is 5.41. The van der Waals surface area contributed by atoms with Crippen molar-refractivity contribution in [1.82, 2.24) is 25.2 Å². The van der Waals surface area contributed by atoms with E-state index in [1.165, 1.54) is 5.56 Å². The largest absolute Gasteiger partial charge is 0.356 e. The standard InChI is InChI=1S/C19H23BrN6.HI/c1-19(2,14-7-6-8-15(20)11-14)13-23-18(21-3)22-12-17-25-24-16-9-4-5-10-26(16)17;/h4-11H,12-13H2,1-3H3,(H2,21,22,23);1H. The number of guanidine groups is 1. The van der Waals surface area contributed by atoms with Gasteiger partial charge in [-0.1, -0.05) is 48.0 Å². The summed E-state index contributed by atoms with van der Waals surface area (Å²) >= 11 is 3.54. The molecule has 3 aromatic rings. The first-order valence-corrected chi connectivity index (χ1v) is 9.28. The highest BCUT2D eigenvalue weighted by Crippen LogP contribution is 2.25. The molecule has 0 fully saturated rings. The molecule has 0 saturated carbocycles. The van der Waals surface area contributed by atoms with E-state index in [9.17, 15) is 0 Å². The number of nitrogens with one attached hydrogen (secondary N) is 2. The zero-order chi connectivity index (χ0) is 18.6. The summed E-state index contributed by atoms with van der Waals surface area (Å²) in [6, 6.07) is 14.2. The number of aliphatic imine (C=N–C) groups is 1. The molecule has 1 aromatic carbocycles. The molecule has 0 radical (unpaired) electrons. The van der Waals surface area contributed by atoms with E-state index < -0.39 is 0 Å². The Morgan fingerprint density at radius 1 is 1.15 bits per heavy atom. The second-order valence-corrected chi connectivity index (χ2v) is 7.63. The summed E-state index contributed by atoms with van der Waals surface area (Å²) in [5, 5.41) is 15.1. The predicted molar refractivity (Wildman–Crippen MR) is 124 cm³/mol. The van der Waals surface area contributed by atoms with Crippen molar-refractivity contribution >= 4 is 51.5 Å². The van der Waals surface area contributed by atoms with E-state index in [4.69, 9.17) is 0 Å².